The van der Waals surface area contributed by atoms with E-state index in [0.717, 1.165) is 37.2 Å². The first-order valence-electron chi connectivity index (χ1n) is 9.66. The largest absolute Gasteiger partial charge is 0.464 e. The molecule has 0 bridgehead atoms. The highest BCUT2D eigenvalue weighted by Gasteiger charge is 2.37. The molecule has 0 unspecified atom stereocenters. The molecule has 8 heteroatoms. The van der Waals surface area contributed by atoms with E-state index in [2.05, 4.69) is 14.9 Å². The Hall–Kier alpha value is -3.00. The summed E-state index contributed by atoms with van der Waals surface area (Å²) in [4.78, 5) is 28.2. The van der Waals surface area contributed by atoms with Gasteiger partial charge in [-0.25, -0.2) is 0 Å². The average Bonchev–Trinajstić information content (AvgIpc) is 3.49. The molecule has 0 spiro atoms. The molecule has 29 heavy (non-hydrogen) atoms. The lowest BCUT2D eigenvalue weighted by molar-refractivity contribution is -0.123. The first-order chi connectivity index (χ1) is 14.1. The molecule has 4 rings (SSSR count). The maximum Gasteiger partial charge on any atom is 0.280 e. The Morgan fingerprint density at radius 2 is 1.93 bits per heavy atom. The summed E-state index contributed by atoms with van der Waals surface area (Å²) in [6.07, 6.45) is 4.10. The lowest BCUT2D eigenvalue weighted by atomic mass is 10.1. The molecule has 1 saturated carbocycles. The van der Waals surface area contributed by atoms with Crippen molar-refractivity contribution >= 4 is 29.0 Å². The highest BCUT2D eigenvalue weighted by atomic mass is 32.1. The topological polar surface area (TPSA) is 88.3 Å². The number of anilines is 1. The highest BCUT2D eigenvalue weighted by molar-refractivity contribution is 7.03. The number of para-hydroxylation sites is 1. The van der Waals surface area contributed by atoms with Gasteiger partial charge < -0.3 is 9.73 Å². The number of carbonyl (C=O) groups is 2. The third-order valence-electron chi connectivity index (χ3n) is 5.07. The molecule has 7 nitrogen and oxygen atoms in total. The highest BCUT2D eigenvalue weighted by Crippen LogP contribution is 2.31. The fourth-order valence-corrected chi connectivity index (χ4v) is 4.11. The maximum absolute atomic E-state index is 13.4. The van der Waals surface area contributed by atoms with Crippen LogP contribution in [0.5, 0.6) is 0 Å². The molecule has 0 aliphatic heterocycles. The van der Waals surface area contributed by atoms with E-state index in [9.17, 15) is 9.59 Å². The van der Waals surface area contributed by atoms with E-state index in [-0.39, 0.29) is 17.6 Å². The third-order valence-corrected chi connectivity index (χ3v) is 5.58. The van der Waals surface area contributed by atoms with Crippen LogP contribution in [0, 0.1) is 6.92 Å². The molecule has 3 aromatic rings. The minimum atomic E-state index is -0.944. The average molecular weight is 410 g/mol. The SMILES string of the molecule is Cc1ccc([C@@H](C(=O)NC2CCCC2)N(C(=O)c2csnn2)c2ccccc2)o1. The van der Waals surface area contributed by atoms with Crippen molar-refractivity contribution in [1.29, 1.82) is 0 Å². The second kappa shape index (κ2) is 8.57. The summed E-state index contributed by atoms with van der Waals surface area (Å²) in [7, 11) is 0. The van der Waals surface area contributed by atoms with Crippen molar-refractivity contribution in [3.63, 3.8) is 0 Å². The van der Waals surface area contributed by atoms with Gasteiger partial charge in [0.2, 0.25) is 0 Å². The summed E-state index contributed by atoms with van der Waals surface area (Å²) in [5, 5.41) is 8.61. The zero-order valence-electron chi connectivity index (χ0n) is 16.1. The van der Waals surface area contributed by atoms with E-state index < -0.39 is 11.9 Å². The molecule has 1 aliphatic carbocycles. The van der Waals surface area contributed by atoms with Crippen LogP contribution in [-0.2, 0) is 4.79 Å². The molecule has 2 aromatic heterocycles. The van der Waals surface area contributed by atoms with E-state index in [4.69, 9.17) is 4.42 Å². The normalized spacial score (nSPS) is 15.2. The molecule has 1 aromatic carbocycles. The second-order valence-electron chi connectivity index (χ2n) is 7.14. The Morgan fingerprint density at radius 1 is 1.17 bits per heavy atom. The lowest BCUT2D eigenvalue weighted by Crippen LogP contribution is -2.46. The van der Waals surface area contributed by atoms with E-state index in [1.807, 2.05) is 25.1 Å². The van der Waals surface area contributed by atoms with Crippen LogP contribution in [0.3, 0.4) is 0 Å². The Labute approximate surface area is 172 Å². The van der Waals surface area contributed by atoms with Crippen LogP contribution >= 0.6 is 11.5 Å². The number of aryl methyl sites for hydroxylation is 1. The number of rotatable bonds is 6. The van der Waals surface area contributed by atoms with Crippen molar-refractivity contribution in [2.75, 3.05) is 4.90 Å². The Balaban J connectivity index is 1.76. The van der Waals surface area contributed by atoms with Crippen LogP contribution in [0.15, 0.2) is 52.3 Å². The van der Waals surface area contributed by atoms with Crippen molar-refractivity contribution in [2.45, 2.75) is 44.7 Å². The summed E-state index contributed by atoms with van der Waals surface area (Å²) >= 11 is 1.09. The van der Waals surface area contributed by atoms with Crippen LogP contribution in [-0.4, -0.2) is 27.4 Å². The number of furan rings is 1. The first-order valence-corrected chi connectivity index (χ1v) is 10.5. The molecule has 1 atom stereocenters. The number of hydrogen-bond acceptors (Lipinski definition) is 6. The zero-order valence-corrected chi connectivity index (χ0v) is 16.9. The minimum Gasteiger partial charge on any atom is -0.464 e. The van der Waals surface area contributed by atoms with E-state index in [0.29, 0.717) is 17.2 Å². The van der Waals surface area contributed by atoms with Gasteiger partial charge in [-0.1, -0.05) is 35.5 Å². The van der Waals surface area contributed by atoms with Gasteiger partial charge in [-0.2, -0.15) is 0 Å². The van der Waals surface area contributed by atoms with Gasteiger partial charge in [0.25, 0.3) is 11.8 Å². The molecule has 1 aliphatic rings. The minimum absolute atomic E-state index is 0.120. The molecule has 0 radical (unpaired) electrons. The maximum atomic E-state index is 13.4. The van der Waals surface area contributed by atoms with E-state index in [1.165, 1.54) is 4.90 Å². The van der Waals surface area contributed by atoms with Gasteiger partial charge in [-0.15, -0.1) is 5.10 Å². The van der Waals surface area contributed by atoms with Crippen molar-refractivity contribution in [2.24, 2.45) is 0 Å². The molecular formula is C21H22N4O3S. The van der Waals surface area contributed by atoms with Gasteiger partial charge in [-0.05, 0) is 55.6 Å². The summed E-state index contributed by atoms with van der Waals surface area (Å²) < 4.78 is 9.62. The van der Waals surface area contributed by atoms with Crippen molar-refractivity contribution in [3.05, 3.63) is 65.1 Å². The Bertz CT molecular complexity index is 965. The van der Waals surface area contributed by atoms with Crippen LogP contribution in [0.4, 0.5) is 5.69 Å². The summed E-state index contributed by atoms with van der Waals surface area (Å²) in [6, 6.07) is 11.8. The van der Waals surface area contributed by atoms with Crippen molar-refractivity contribution < 1.29 is 14.0 Å². The molecule has 1 fully saturated rings. The smallest absolute Gasteiger partial charge is 0.280 e. The number of carbonyl (C=O) groups excluding carboxylic acids is 2. The van der Waals surface area contributed by atoms with Gasteiger partial charge >= 0.3 is 0 Å². The Morgan fingerprint density at radius 3 is 2.55 bits per heavy atom. The van der Waals surface area contributed by atoms with Gasteiger partial charge in [-0.3, -0.25) is 14.5 Å². The van der Waals surface area contributed by atoms with E-state index in [1.54, 1.807) is 29.6 Å². The summed E-state index contributed by atoms with van der Waals surface area (Å²) in [6.45, 7) is 1.81. The van der Waals surface area contributed by atoms with Crippen molar-refractivity contribution in [3.8, 4) is 0 Å². The summed E-state index contributed by atoms with van der Waals surface area (Å²) in [5.74, 6) is 0.435. The van der Waals surface area contributed by atoms with Crippen LogP contribution in [0.1, 0.15) is 53.7 Å². The molecular weight excluding hydrogens is 388 g/mol. The number of hydrogen-bond donors (Lipinski definition) is 1. The van der Waals surface area contributed by atoms with E-state index >= 15 is 0 Å². The Kier molecular flexibility index (Phi) is 5.71. The quantitative estimate of drug-likeness (QED) is 0.666. The number of benzene rings is 1. The molecule has 2 heterocycles. The van der Waals surface area contributed by atoms with Gasteiger partial charge in [0.1, 0.15) is 11.5 Å². The standard InChI is InChI=1S/C21H22N4O3S/c1-14-11-12-18(28-14)19(20(26)22-15-7-5-6-8-15)25(16-9-3-2-4-10-16)21(27)17-13-29-24-23-17/h2-4,9-13,15,19H,5-8H2,1H3,(H,22,26)/t19-/m0/s1. The second-order valence-corrected chi connectivity index (χ2v) is 7.75. The van der Waals surface area contributed by atoms with Gasteiger partial charge in [0, 0.05) is 17.1 Å². The number of amides is 2. The molecule has 2 amide bonds. The fraction of sp³-hybridized carbons (Fsp3) is 0.333. The predicted octanol–water partition coefficient (Wildman–Crippen LogP) is 3.89. The first kappa shape index (κ1) is 19.3. The van der Waals surface area contributed by atoms with Crippen molar-refractivity contribution in [1.82, 2.24) is 14.9 Å². The van der Waals surface area contributed by atoms with Gasteiger partial charge in [0.15, 0.2) is 11.7 Å². The van der Waals surface area contributed by atoms with Crippen LogP contribution in [0.25, 0.3) is 0 Å². The zero-order chi connectivity index (χ0) is 20.2. The van der Waals surface area contributed by atoms with Crippen LogP contribution in [0.2, 0.25) is 0 Å². The lowest BCUT2D eigenvalue weighted by Gasteiger charge is -2.30. The summed E-state index contributed by atoms with van der Waals surface area (Å²) in [5.41, 5.74) is 0.784. The fourth-order valence-electron chi connectivity index (χ4n) is 3.68. The number of aromatic nitrogens is 2. The molecule has 150 valence electrons. The number of nitrogens with zero attached hydrogens (tertiary/aromatic N) is 3. The third kappa shape index (κ3) is 4.22. The monoisotopic (exact) mass is 410 g/mol. The molecule has 0 saturated heterocycles. The number of nitrogens with one attached hydrogen (secondary N) is 1. The van der Waals surface area contributed by atoms with Crippen LogP contribution < -0.4 is 10.2 Å². The molecule has 1 N–H and O–H groups in total. The van der Waals surface area contributed by atoms with Gasteiger partial charge in [0.05, 0.1) is 0 Å². The predicted molar refractivity (Wildman–Crippen MR) is 110 cm³/mol.